The van der Waals surface area contributed by atoms with Crippen LogP contribution in [0.2, 0.25) is 0 Å². The third-order valence-electron chi connectivity index (χ3n) is 4.37. The molecule has 1 saturated heterocycles. The maximum atomic E-state index is 12.4. The fourth-order valence-corrected chi connectivity index (χ4v) is 4.18. The van der Waals surface area contributed by atoms with Crippen molar-refractivity contribution < 1.29 is 23.8 Å². The van der Waals surface area contributed by atoms with Gasteiger partial charge in [0.05, 0.1) is 0 Å². The summed E-state index contributed by atoms with van der Waals surface area (Å²) in [6.45, 7) is 4.17. The van der Waals surface area contributed by atoms with Crippen LogP contribution in [0.25, 0.3) is 0 Å². The number of furan rings is 1. The van der Waals surface area contributed by atoms with E-state index in [0.29, 0.717) is 23.7 Å². The monoisotopic (exact) mass is 375 g/mol. The number of aryl methyl sites for hydroxylation is 2. The number of rotatable bonds is 6. The number of aliphatic carboxylic acids is 1. The van der Waals surface area contributed by atoms with Crippen LogP contribution >= 0.6 is 11.8 Å². The van der Waals surface area contributed by atoms with Crippen molar-refractivity contribution >= 4 is 23.6 Å². The molecule has 138 valence electrons. The third kappa shape index (κ3) is 3.88. The highest BCUT2D eigenvalue weighted by atomic mass is 32.2. The lowest BCUT2D eigenvalue weighted by atomic mass is 9.99. The average Bonchev–Trinajstić information content (AvgIpc) is 3.24. The van der Waals surface area contributed by atoms with Crippen LogP contribution in [0.1, 0.15) is 33.9 Å². The lowest BCUT2D eigenvalue weighted by Gasteiger charge is -2.23. The van der Waals surface area contributed by atoms with Gasteiger partial charge in [0.15, 0.2) is 5.76 Å². The van der Waals surface area contributed by atoms with Crippen LogP contribution < -0.4 is 10.1 Å². The molecule has 6 nitrogen and oxygen atoms in total. The molecule has 1 unspecified atom stereocenters. The minimum Gasteiger partial charge on any atom is -0.485 e. The minimum atomic E-state index is -1.22. The van der Waals surface area contributed by atoms with E-state index < -0.39 is 17.4 Å². The van der Waals surface area contributed by atoms with Crippen molar-refractivity contribution in [1.29, 1.82) is 0 Å². The van der Waals surface area contributed by atoms with E-state index in [0.717, 1.165) is 16.9 Å². The quantitative estimate of drug-likeness (QED) is 0.806. The van der Waals surface area contributed by atoms with Crippen molar-refractivity contribution in [1.82, 2.24) is 5.32 Å². The predicted molar refractivity (Wildman–Crippen MR) is 98.7 cm³/mol. The second-order valence-electron chi connectivity index (χ2n) is 6.47. The first-order chi connectivity index (χ1) is 12.4. The Bertz CT molecular complexity index is 823. The first kappa shape index (κ1) is 18.4. The number of carboxylic acid groups (broad SMARTS) is 1. The molecule has 1 fully saturated rings. The lowest BCUT2D eigenvalue weighted by Crippen LogP contribution is -2.54. The van der Waals surface area contributed by atoms with Gasteiger partial charge in [-0.3, -0.25) is 4.79 Å². The van der Waals surface area contributed by atoms with Crippen LogP contribution in [0.4, 0.5) is 0 Å². The number of ether oxygens (including phenoxy) is 1. The second-order valence-corrected chi connectivity index (χ2v) is 7.57. The Kier molecular flexibility index (Phi) is 5.27. The van der Waals surface area contributed by atoms with Crippen molar-refractivity contribution in [3.8, 4) is 5.75 Å². The summed E-state index contributed by atoms with van der Waals surface area (Å²) >= 11 is 1.51. The second kappa shape index (κ2) is 7.45. The van der Waals surface area contributed by atoms with Gasteiger partial charge in [-0.1, -0.05) is 17.7 Å². The van der Waals surface area contributed by atoms with Crippen LogP contribution in [0, 0.1) is 13.8 Å². The van der Waals surface area contributed by atoms with Crippen molar-refractivity contribution in [2.45, 2.75) is 32.4 Å². The zero-order valence-corrected chi connectivity index (χ0v) is 15.5. The van der Waals surface area contributed by atoms with E-state index in [-0.39, 0.29) is 12.4 Å². The van der Waals surface area contributed by atoms with Crippen LogP contribution in [-0.2, 0) is 11.4 Å². The molecule has 1 aliphatic heterocycles. The molecular formula is C19H21NO5S. The average molecular weight is 375 g/mol. The Morgan fingerprint density at radius 3 is 2.77 bits per heavy atom. The van der Waals surface area contributed by atoms with Gasteiger partial charge in [0.2, 0.25) is 0 Å². The zero-order chi connectivity index (χ0) is 18.7. The Morgan fingerprint density at radius 2 is 2.12 bits per heavy atom. The van der Waals surface area contributed by atoms with Gasteiger partial charge in [-0.15, -0.1) is 0 Å². The predicted octanol–water partition coefficient (Wildman–Crippen LogP) is 3.17. The number of carbonyl (C=O) groups is 2. The summed E-state index contributed by atoms with van der Waals surface area (Å²) in [5.41, 5.74) is 0.963. The molecule has 1 aromatic heterocycles. The number of carboxylic acids is 1. The molecule has 1 aliphatic rings. The van der Waals surface area contributed by atoms with E-state index in [1.807, 2.05) is 32.0 Å². The smallest absolute Gasteiger partial charge is 0.330 e. The van der Waals surface area contributed by atoms with Gasteiger partial charge in [-0.25, -0.2) is 4.79 Å². The van der Waals surface area contributed by atoms with Crippen molar-refractivity contribution in [2.24, 2.45) is 0 Å². The maximum absolute atomic E-state index is 12.4. The Balaban J connectivity index is 1.63. The summed E-state index contributed by atoms with van der Waals surface area (Å²) < 4.78 is 11.3. The molecule has 0 saturated carbocycles. The molecule has 26 heavy (non-hydrogen) atoms. The number of nitrogens with one attached hydrogen (secondary N) is 1. The van der Waals surface area contributed by atoms with E-state index in [1.54, 1.807) is 6.07 Å². The number of thioether (sulfide) groups is 1. The number of amides is 1. The van der Waals surface area contributed by atoms with Crippen LogP contribution in [-0.4, -0.2) is 34.0 Å². The first-order valence-corrected chi connectivity index (χ1v) is 9.47. The Morgan fingerprint density at radius 1 is 1.31 bits per heavy atom. The molecule has 1 amide bonds. The van der Waals surface area contributed by atoms with Gasteiger partial charge in [-0.2, -0.15) is 11.8 Å². The molecule has 3 rings (SSSR count). The molecule has 0 bridgehead atoms. The largest absolute Gasteiger partial charge is 0.485 e. The molecule has 0 radical (unpaired) electrons. The van der Waals surface area contributed by atoms with Crippen molar-refractivity contribution in [3.05, 3.63) is 53.0 Å². The molecule has 1 atom stereocenters. The molecule has 2 N–H and O–H groups in total. The third-order valence-corrected chi connectivity index (χ3v) is 5.56. The van der Waals surface area contributed by atoms with E-state index in [1.165, 1.54) is 17.8 Å². The van der Waals surface area contributed by atoms with Gasteiger partial charge >= 0.3 is 5.97 Å². The number of benzene rings is 1. The van der Waals surface area contributed by atoms with Gasteiger partial charge in [-0.05, 0) is 49.8 Å². The SMILES string of the molecule is Cc1ccc(OCc2ccc(C(=O)NC3(C(=O)O)CCSC3)o2)c(C)c1. The van der Waals surface area contributed by atoms with Crippen LogP contribution in [0.3, 0.4) is 0 Å². The number of hydrogen-bond donors (Lipinski definition) is 2. The van der Waals surface area contributed by atoms with E-state index >= 15 is 0 Å². The van der Waals surface area contributed by atoms with Crippen LogP contribution in [0.5, 0.6) is 5.75 Å². The molecule has 0 spiro atoms. The van der Waals surface area contributed by atoms with Gasteiger partial charge < -0.3 is 19.6 Å². The van der Waals surface area contributed by atoms with Gasteiger partial charge in [0.1, 0.15) is 23.7 Å². The summed E-state index contributed by atoms with van der Waals surface area (Å²) in [6.07, 6.45) is 0.405. The normalized spacial score (nSPS) is 19.3. The number of hydrogen-bond acceptors (Lipinski definition) is 5. The number of carbonyl (C=O) groups excluding carboxylic acids is 1. The standard InChI is InChI=1S/C19H21NO5S/c1-12-3-5-15(13(2)9-12)24-10-14-4-6-16(25-14)17(21)20-19(18(22)23)7-8-26-11-19/h3-6,9H,7-8,10-11H2,1-2H3,(H,20,21)(H,22,23). The fraction of sp³-hybridized carbons (Fsp3) is 0.368. The topological polar surface area (TPSA) is 88.8 Å². The maximum Gasteiger partial charge on any atom is 0.330 e. The molecule has 1 aromatic carbocycles. The van der Waals surface area contributed by atoms with Gasteiger partial charge in [0.25, 0.3) is 5.91 Å². The summed E-state index contributed by atoms with van der Waals surface area (Å²) in [7, 11) is 0. The van der Waals surface area contributed by atoms with E-state index in [9.17, 15) is 14.7 Å². The highest BCUT2D eigenvalue weighted by Gasteiger charge is 2.43. The lowest BCUT2D eigenvalue weighted by molar-refractivity contribution is -0.143. The van der Waals surface area contributed by atoms with E-state index in [2.05, 4.69) is 5.32 Å². The molecule has 2 heterocycles. The highest BCUT2D eigenvalue weighted by Crippen LogP contribution is 2.29. The molecule has 2 aromatic rings. The molecule has 7 heteroatoms. The van der Waals surface area contributed by atoms with Crippen LogP contribution in [0.15, 0.2) is 34.7 Å². The van der Waals surface area contributed by atoms with Crippen molar-refractivity contribution in [3.63, 3.8) is 0 Å². The summed E-state index contributed by atoms with van der Waals surface area (Å²) in [6, 6.07) is 9.09. The minimum absolute atomic E-state index is 0.0850. The molecular weight excluding hydrogens is 354 g/mol. The fourth-order valence-electron chi connectivity index (χ4n) is 2.85. The highest BCUT2D eigenvalue weighted by molar-refractivity contribution is 7.99. The Labute approximate surface area is 155 Å². The molecule has 0 aliphatic carbocycles. The first-order valence-electron chi connectivity index (χ1n) is 8.32. The summed E-state index contributed by atoms with van der Waals surface area (Å²) in [4.78, 5) is 23.9. The summed E-state index contributed by atoms with van der Waals surface area (Å²) in [5, 5.41) is 12.1. The zero-order valence-electron chi connectivity index (χ0n) is 14.7. The Hall–Kier alpha value is -2.41. The van der Waals surface area contributed by atoms with Crippen molar-refractivity contribution in [2.75, 3.05) is 11.5 Å². The van der Waals surface area contributed by atoms with E-state index in [4.69, 9.17) is 9.15 Å². The van der Waals surface area contributed by atoms with Gasteiger partial charge in [0, 0.05) is 5.75 Å². The summed E-state index contributed by atoms with van der Waals surface area (Å²) in [5.74, 6) is 0.873.